The lowest BCUT2D eigenvalue weighted by Crippen LogP contribution is -2.28. The molecule has 2 aliphatic rings. The zero-order valence-corrected chi connectivity index (χ0v) is 32.2. The van der Waals surface area contributed by atoms with Crippen LogP contribution in [-0.4, -0.2) is 0 Å². The van der Waals surface area contributed by atoms with Crippen LogP contribution in [0.25, 0.3) is 44.2 Å². The van der Waals surface area contributed by atoms with E-state index in [-0.39, 0.29) is 5.41 Å². The van der Waals surface area contributed by atoms with Gasteiger partial charge >= 0.3 is 0 Å². The maximum atomic E-state index is 2.52. The van der Waals surface area contributed by atoms with Gasteiger partial charge in [-0.1, -0.05) is 190 Å². The van der Waals surface area contributed by atoms with Crippen LogP contribution in [0.1, 0.15) is 47.2 Å². The molecule has 0 bridgehead atoms. The molecule has 0 amide bonds. The Bertz CT molecular complexity index is 2940. The highest BCUT2D eigenvalue weighted by Crippen LogP contribution is 2.58. The molecule has 0 atom stereocenters. The third-order valence-corrected chi connectivity index (χ3v) is 12.7. The van der Waals surface area contributed by atoms with Gasteiger partial charge in [-0.25, -0.2) is 0 Å². The van der Waals surface area contributed by atoms with Gasteiger partial charge in [0.25, 0.3) is 0 Å². The van der Waals surface area contributed by atoms with E-state index in [0.29, 0.717) is 0 Å². The molecule has 0 saturated heterocycles. The minimum absolute atomic E-state index is 0.121. The molecular formula is C56H41N. The fourth-order valence-corrected chi connectivity index (χ4v) is 10.2. The van der Waals surface area contributed by atoms with E-state index in [0.717, 1.165) is 17.1 Å². The molecule has 11 rings (SSSR count). The van der Waals surface area contributed by atoms with Crippen molar-refractivity contribution in [1.29, 1.82) is 0 Å². The summed E-state index contributed by atoms with van der Waals surface area (Å²) in [5.74, 6) is 0. The minimum atomic E-state index is -0.509. The lowest BCUT2D eigenvalue weighted by atomic mass is 9.67. The summed E-state index contributed by atoms with van der Waals surface area (Å²) in [6, 6.07) is 78.8. The standard InChI is InChI=1S/C56H41N/c1-55(2)49-29-15-12-28-45(49)48-35-39-21-18-32-54(47(39)37-51(48)55)57(53-31-17-14-26-43(53)38-19-6-3-7-20-38)42-33-34-46-44-27-13-16-30-50(44)56(52(46)36-42,40-22-8-4-9-23-40)41-24-10-5-11-25-41/h3-37H,1-2H3. The van der Waals surface area contributed by atoms with Gasteiger partial charge in [-0.05, 0) is 103 Å². The summed E-state index contributed by atoms with van der Waals surface area (Å²) in [7, 11) is 0. The summed E-state index contributed by atoms with van der Waals surface area (Å²) in [5.41, 5.74) is 18.3. The van der Waals surface area contributed by atoms with Gasteiger partial charge in [-0.2, -0.15) is 0 Å². The minimum Gasteiger partial charge on any atom is -0.309 e. The number of rotatable bonds is 6. The Balaban J connectivity index is 1.22. The SMILES string of the molecule is CC1(C)c2ccccc2-c2cc3cccc(N(c4ccc5c(c4)C(c4ccccc4)(c4ccccc4)c4ccccc4-5)c4ccccc4-c4ccccc4)c3cc21. The van der Waals surface area contributed by atoms with Crippen molar-refractivity contribution in [3.63, 3.8) is 0 Å². The first kappa shape index (κ1) is 33.4. The van der Waals surface area contributed by atoms with Crippen molar-refractivity contribution in [3.8, 4) is 33.4 Å². The van der Waals surface area contributed by atoms with Gasteiger partial charge in [0.15, 0.2) is 0 Å². The molecule has 1 nitrogen and oxygen atoms in total. The van der Waals surface area contributed by atoms with Crippen LogP contribution < -0.4 is 4.90 Å². The molecule has 0 N–H and O–H groups in total. The van der Waals surface area contributed by atoms with Crippen LogP contribution in [0.3, 0.4) is 0 Å². The smallest absolute Gasteiger partial charge is 0.0714 e. The summed E-state index contributed by atoms with van der Waals surface area (Å²) in [5, 5.41) is 2.47. The van der Waals surface area contributed by atoms with Crippen LogP contribution in [0, 0.1) is 0 Å². The number of hydrogen-bond acceptors (Lipinski definition) is 1. The molecule has 0 aliphatic heterocycles. The van der Waals surface area contributed by atoms with Gasteiger partial charge in [0.2, 0.25) is 0 Å². The van der Waals surface area contributed by atoms with Crippen molar-refractivity contribution in [3.05, 3.63) is 246 Å². The second-order valence-electron chi connectivity index (χ2n) is 16.0. The fourth-order valence-electron chi connectivity index (χ4n) is 10.2. The number of para-hydroxylation sites is 1. The Kier molecular flexibility index (Phi) is 7.50. The van der Waals surface area contributed by atoms with E-state index in [1.54, 1.807) is 0 Å². The maximum Gasteiger partial charge on any atom is 0.0714 e. The van der Waals surface area contributed by atoms with Gasteiger partial charge < -0.3 is 4.90 Å². The first-order chi connectivity index (χ1) is 28.0. The van der Waals surface area contributed by atoms with E-state index in [1.165, 1.54) is 77.5 Å². The molecule has 0 radical (unpaired) electrons. The first-order valence-corrected chi connectivity index (χ1v) is 20.0. The molecular weight excluding hydrogens is 687 g/mol. The van der Waals surface area contributed by atoms with Crippen molar-refractivity contribution in [2.24, 2.45) is 0 Å². The monoisotopic (exact) mass is 727 g/mol. The molecule has 57 heavy (non-hydrogen) atoms. The molecule has 0 spiro atoms. The highest BCUT2D eigenvalue weighted by atomic mass is 15.1. The topological polar surface area (TPSA) is 3.24 Å². The van der Waals surface area contributed by atoms with Crippen LogP contribution in [0.2, 0.25) is 0 Å². The van der Waals surface area contributed by atoms with Gasteiger partial charge in [0, 0.05) is 22.1 Å². The number of hydrogen-bond donors (Lipinski definition) is 0. The Labute approximate surface area is 335 Å². The number of benzene rings is 9. The summed E-state index contributed by atoms with van der Waals surface area (Å²) >= 11 is 0. The summed E-state index contributed by atoms with van der Waals surface area (Å²) in [6.45, 7) is 4.75. The van der Waals surface area contributed by atoms with Gasteiger partial charge in [0.05, 0.1) is 16.8 Å². The van der Waals surface area contributed by atoms with E-state index in [1.807, 2.05) is 0 Å². The predicted octanol–water partition coefficient (Wildman–Crippen LogP) is 14.6. The Morgan fingerprint density at radius 2 is 0.895 bits per heavy atom. The number of fused-ring (bicyclic) bond motifs is 7. The van der Waals surface area contributed by atoms with Gasteiger partial charge in [-0.3, -0.25) is 0 Å². The molecule has 0 fully saturated rings. The highest BCUT2D eigenvalue weighted by Gasteiger charge is 2.46. The number of nitrogens with zero attached hydrogens (tertiary/aromatic N) is 1. The molecule has 270 valence electrons. The van der Waals surface area contributed by atoms with Crippen molar-refractivity contribution in [1.82, 2.24) is 0 Å². The molecule has 2 aliphatic carbocycles. The fraction of sp³-hybridized carbons (Fsp3) is 0.0714. The van der Waals surface area contributed by atoms with Gasteiger partial charge in [-0.15, -0.1) is 0 Å². The van der Waals surface area contributed by atoms with Crippen LogP contribution in [0.4, 0.5) is 17.1 Å². The Morgan fingerprint density at radius 3 is 1.60 bits per heavy atom. The second-order valence-corrected chi connectivity index (χ2v) is 16.0. The average Bonchev–Trinajstić information content (AvgIpc) is 3.69. The van der Waals surface area contributed by atoms with Crippen molar-refractivity contribution in [2.75, 3.05) is 4.90 Å². The van der Waals surface area contributed by atoms with Crippen molar-refractivity contribution < 1.29 is 0 Å². The highest BCUT2D eigenvalue weighted by molar-refractivity contribution is 6.04. The third kappa shape index (κ3) is 4.89. The first-order valence-electron chi connectivity index (χ1n) is 20.0. The summed E-state index contributed by atoms with van der Waals surface area (Å²) in [4.78, 5) is 2.52. The van der Waals surface area contributed by atoms with E-state index in [9.17, 15) is 0 Å². The molecule has 9 aromatic carbocycles. The second kappa shape index (κ2) is 12.8. The molecule has 1 heteroatoms. The van der Waals surface area contributed by atoms with E-state index >= 15 is 0 Å². The van der Waals surface area contributed by atoms with E-state index < -0.39 is 5.41 Å². The molecule has 0 heterocycles. The number of anilines is 3. The van der Waals surface area contributed by atoms with Crippen molar-refractivity contribution in [2.45, 2.75) is 24.7 Å². The van der Waals surface area contributed by atoms with Crippen LogP contribution in [0.5, 0.6) is 0 Å². The normalized spacial score (nSPS) is 14.1. The summed E-state index contributed by atoms with van der Waals surface area (Å²) < 4.78 is 0. The molecule has 0 saturated carbocycles. The van der Waals surface area contributed by atoms with Crippen LogP contribution in [-0.2, 0) is 10.8 Å². The summed E-state index contributed by atoms with van der Waals surface area (Å²) in [6.07, 6.45) is 0. The average molecular weight is 728 g/mol. The lowest BCUT2D eigenvalue weighted by molar-refractivity contribution is 0.661. The van der Waals surface area contributed by atoms with Crippen LogP contribution >= 0.6 is 0 Å². The largest absolute Gasteiger partial charge is 0.309 e. The Hall–Kier alpha value is -6.96. The van der Waals surface area contributed by atoms with Crippen molar-refractivity contribution >= 4 is 27.8 Å². The predicted molar refractivity (Wildman–Crippen MR) is 239 cm³/mol. The zero-order valence-electron chi connectivity index (χ0n) is 32.2. The molecule has 9 aromatic rings. The van der Waals surface area contributed by atoms with E-state index in [2.05, 4.69) is 231 Å². The zero-order chi connectivity index (χ0) is 38.1. The maximum absolute atomic E-state index is 2.52. The molecule has 0 unspecified atom stereocenters. The Morgan fingerprint density at radius 1 is 0.351 bits per heavy atom. The van der Waals surface area contributed by atoms with Crippen LogP contribution in [0.15, 0.2) is 212 Å². The third-order valence-electron chi connectivity index (χ3n) is 12.7. The van der Waals surface area contributed by atoms with E-state index in [4.69, 9.17) is 0 Å². The quantitative estimate of drug-likeness (QED) is 0.165. The van der Waals surface area contributed by atoms with Gasteiger partial charge in [0.1, 0.15) is 0 Å². The lowest BCUT2D eigenvalue weighted by Gasteiger charge is -2.35. The molecule has 0 aromatic heterocycles.